The van der Waals surface area contributed by atoms with E-state index in [0.717, 1.165) is 10.0 Å². The van der Waals surface area contributed by atoms with Gasteiger partial charge in [0.2, 0.25) is 0 Å². The minimum atomic E-state index is -0.0918. The Morgan fingerprint density at radius 2 is 1.89 bits per heavy atom. The van der Waals surface area contributed by atoms with Crippen LogP contribution in [0.15, 0.2) is 33.8 Å². The van der Waals surface area contributed by atoms with Crippen LogP contribution >= 0.6 is 15.9 Å². The van der Waals surface area contributed by atoms with E-state index in [4.69, 9.17) is 0 Å². The number of rotatable bonds is 4. The zero-order chi connectivity index (χ0) is 12.9. The smallest absolute Gasteiger partial charge is 0.295 e. The van der Waals surface area contributed by atoms with Crippen molar-refractivity contribution < 1.29 is 21.7 Å². The molecule has 0 aromatic heterocycles. The molecule has 1 aromatic carbocycles. The summed E-state index contributed by atoms with van der Waals surface area (Å²) >= 11 is 3.35. The number of hydrogen-bond acceptors (Lipinski definition) is 2. The van der Waals surface area contributed by atoms with E-state index in [-0.39, 0.29) is 18.3 Å². The Bertz CT molecular complexity index is 412. The Morgan fingerprint density at radius 3 is 2.39 bits per heavy atom. The summed E-state index contributed by atoms with van der Waals surface area (Å²) in [6.07, 6.45) is 1.62. The molecular weight excluding hydrogens is 318 g/mol. The summed E-state index contributed by atoms with van der Waals surface area (Å²) < 4.78 is 1.60. The average molecular weight is 335 g/mol. The Labute approximate surface area is 122 Å². The molecule has 0 unspecified atom stereocenters. The second-order valence-electron chi connectivity index (χ2n) is 4.79. The molecule has 0 aliphatic carbocycles. The Kier molecular flexibility index (Phi) is 7.13. The van der Waals surface area contributed by atoms with Crippen LogP contribution in [0.4, 0.5) is 0 Å². The van der Waals surface area contributed by atoms with Gasteiger partial charge in [-0.1, -0.05) is 28.1 Å². The first-order valence-electron chi connectivity index (χ1n) is 5.25. The molecule has 0 aliphatic rings. The molecule has 0 atom stereocenters. The summed E-state index contributed by atoms with van der Waals surface area (Å²) in [7, 11) is 5.87. The Morgan fingerprint density at radius 1 is 1.33 bits per heavy atom. The lowest BCUT2D eigenvalue weighted by Crippen LogP contribution is -3.00. The van der Waals surface area contributed by atoms with Crippen molar-refractivity contribution >= 4 is 28.1 Å². The molecule has 0 aliphatic heterocycles. The van der Waals surface area contributed by atoms with E-state index in [1.54, 1.807) is 6.21 Å². The molecule has 0 fully saturated rings. The predicted octanol–water partition coefficient (Wildman–Crippen LogP) is -1.39. The normalized spacial score (nSPS) is 11.1. The lowest BCUT2D eigenvalue weighted by atomic mass is 10.2. The fraction of sp³-hybridized carbons (Fsp3) is 0.333. The van der Waals surface area contributed by atoms with E-state index < -0.39 is 0 Å². The number of amides is 1. The second-order valence-corrected chi connectivity index (χ2v) is 5.71. The van der Waals surface area contributed by atoms with Gasteiger partial charge in [-0.15, -0.1) is 0 Å². The Balaban J connectivity index is 0.00000289. The van der Waals surface area contributed by atoms with Crippen LogP contribution in [0.25, 0.3) is 0 Å². The Hall–Kier alpha value is -0.910. The summed E-state index contributed by atoms with van der Waals surface area (Å²) in [6, 6.07) is 7.68. The maximum Gasteiger partial charge on any atom is 0.295 e. The molecule has 0 bridgehead atoms. The van der Waals surface area contributed by atoms with Gasteiger partial charge in [0.05, 0.1) is 27.4 Å². The lowest BCUT2D eigenvalue weighted by molar-refractivity contribution is -0.862. The number of halogens is 2. The zero-order valence-corrected chi connectivity index (χ0v) is 13.0. The van der Waals surface area contributed by atoms with Crippen LogP contribution in [0.1, 0.15) is 5.56 Å². The molecule has 18 heavy (non-hydrogen) atoms. The van der Waals surface area contributed by atoms with Gasteiger partial charge in [0, 0.05) is 4.47 Å². The summed E-state index contributed by atoms with van der Waals surface area (Å²) in [4.78, 5) is 11.5. The van der Waals surface area contributed by atoms with Crippen LogP contribution in [0, 0.1) is 0 Å². The molecule has 1 rings (SSSR count). The molecule has 1 N–H and O–H groups in total. The van der Waals surface area contributed by atoms with Gasteiger partial charge in [0.15, 0.2) is 6.54 Å². The molecule has 0 spiro atoms. The molecule has 100 valence electrons. The third kappa shape index (κ3) is 7.42. The number of benzene rings is 1. The number of carbonyl (C=O) groups is 1. The highest BCUT2D eigenvalue weighted by Gasteiger charge is 2.12. The minimum Gasteiger partial charge on any atom is -1.00 e. The number of quaternary nitrogens is 1. The van der Waals surface area contributed by atoms with Crippen LogP contribution < -0.4 is 17.8 Å². The summed E-state index contributed by atoms with van der Waals surface area (Å²) in [5.41, 5.74) is 3.45. The van der Waals surface area contributed by atoms with E-state index in [9.17, 15) is 4.79 Å². The van der Waals surface area contributed by atoms with Gasteiger partial charge in [0.25, 0.3) is 5.91 Å². The highest BCUT2D eigenvalue weighted by molar-refractivity contribution is 9.10. The van der Waals surface area contributed by atoms with Crippen molar-refractivity contribution in [3.63, 3.8) is 0 Å². The summed E-state index contributed by atoms with van der Waals surface area (Å²) in [6.45, 7) is 0.400. The fourth-order valence-electron chi connectivity index (χ4n) is 1.19. The van der Waals surface area contributed by atoms with Crippen molar-refractivity contribution in [1.82, 2.24) is 5.43 Å². The zero-order valence-electron chi connectivity index (χ0n) is 10.7. The number of nitrogens with zero attached hydrogens (tertiary/aromatic N) is 2. The number of likely N-dealkylation sites (N-methyl/N-ethyl adjacent to an activating group) is 1. The molecule has 1 aromatic rings. The van der Waals surface area contributed by atoms with E-state index in [1.807, 2.05) is 45.4 Å². The van der Waals surface area contributed by atoms with Gasteiger partial charge in [-0.3, -0.25) is 4.79 Å². The first-order valence-corrected chi connectivity index (χ1v) is 6.04. The van der Waals surface area contributed by atoms with Crippen molar-refractivity contribution in [2.45, 2.75) is 0 Å². The van der Waals surface area contributed by atoms with Gasteiger partial charge in [-0.2, -0.15) is 5.10 Å². The molecule has 6 heteroatoms. The van der Waals surface area contributed by atoms with E-state index in [0.29, 0.717) is 11.0 Å². The highest BCUT2D eigenvalue weighted by atomic mass is 79.9. The topological polar surface area (TPSA) is 41.5 Å². The first kappa shape index (κ1) is 17.1. The number of hydrazone groups is 1. The standard InChI is InChI=1S/C12H16BrN3O.ClH/c1-16(2,3)9-12(17)15-14-8-10-4-6-11(13)7-5-10;/h4-8H,9H2,1-3H3;1H/b14-8+;. The molecular formula is C12H17BrClN3O. The second kappa shape index (κ2) is 7.51. The van der Waals surface area contributed by atoms with Crippen molar-refractivity contribution in [1.29, 1.82) is 0 Å². The summed E-state index contributed by atoms with van der Waals surface area (Å²) in [5.74, 6) is -0.0918. The third-order valence-electron chi connectivity index (χ3n) is 1.89. The van der Waals surface area contributed by atoms with Gasteiger partial charge in [-0.05, 0) is 17.7 Å². The number of nitrogens with one attached hydrogen (secondary N) is 1. The van der Waals surface area contributed by atoms with Gasteiger partial charge < -0.3 is 16.9 Å². The van der Waals surface area contributed by atoms with Crippen LogP contribution in [0.5, 0.6) is 0 Å². The lowest BCUT2D eigenvalue weighted by Gasteiger charge is -2.21. The van der Waals surface area contributed by atoms with Gasteiger partial charge in [-0.25, -0.2) is 5.43 Å². The van der Waals surface area contributed by atoms with Gasteiger partial charge in [0.1, 0.15) is 0 Å². The van der Waals surface area contributed by atoms with Crippen molar-refractivity contribution in [3.05, 3.63) is 34.3 Å². The maximum atomic E-state index is 11.5. The fourth-order valence-corrected chi connectivity index (χ4v) is 1.46. The van der Waals surface area contributed by atoms with E-state index >= 15 is 0 Å². The van der Waals surface area contributed by atoms with Crippen LogP contribution in [-0.2, 0) is 4.79 Å². The van der Waals surface area contributed by atoms with Crippen LogP contribution in [0.3, 0.4) is 0 Å². The third-order valence-corrected chi connectivity index (χ3v) is 2.42. The molecule has 0 radical (unpaired) electrons. The highest BCUT2D eigenvalue weighted by Crippen LogP contribution is 2.08. The largest absolute Gasteiger partial charge is 1.00 e. The molecule has 0 heterocycles. The predicted molar refractivity (Wildman–Crippen MR) is 72.8 cm³/mol. The monoisotopic (exact) mass is 333 g/mol. The molecule has 0 saturated carbocycles. The first-order chi connectivity index (χ1) is 7.87. The SMILES string of the molecule is C[N+](C)(C)CC(=O)N/N=C/c1ccc(Br)cc1.[Cl-]. The summed E-state index contributed by atoms with van der Waals surface area (Å²) in [5, 5.41) is 3.91. The molecule has 1 amide bonds. The average Bonchev–Trinajstić information content (AvgIpc) is 2.18. The van der Waals surface area contributed by atoms with E-state index in [1.165, 1.54) is 0 Å². The number of carbonyl (C=O) groups excluding carboxylic acids is 1. The van der Waals surface area contributed by atoms with Crippen molar-refractivity contribution in [3.8, 4) is 0 Å². The number of hydrogen-bond donors (Lipinski definition) is 1. The van der Waals surface area contributed by atoms with Gasteiger partial charge >= 0.3 is 0 Å². The van der Waals surface area contributed by atoms with Crippen molar-refractivity contribution in [2.75, 3.05) is 27.7 Å². The van der Waals surface area contributed by atoms with Crippen LogP contribution in [0.2, 0.25) is 0 Å². The minimum absolute atomic E-state index is 0. The quantitative estimate of drug-likeness (QED) is 0.411. The molecule has 0 saturated heterocycles. The van der Waals surface area contributed by atoms with E-state index in [2.05, 4.69) is 26.5 Å². The molecule has 4 nitrogen and oxygen atoms in total. The maximum absolute atomic E-state index is 11.5. The van der Waals surface area contributed by atoms with Crippen molar-refractivity contribution in [2.24, 2.45) is 5.10 Å². The van der Waals surface area contributed by atoms with Crippen LogP contribution in [-0.4, -0.2) is 44.3 Å².